The molecule has 2 aromatic rings. The first-order chi connectivity index (χ1) is 9.92. The molecule has 0 aromatic heterocycles. The first kappa shape index (κ1) is 15.5. The summed E-state index contributed by atoms with van der Waals surface area (Å²) in [5.74, 6) is 4.74. The summed E-state index contributed by atoms with van der Waals surface area (Å²) in [5.41, 5.74) is 5.57. The molecule has 0 unspecified atom stereocenters. The summed E-state index contributed by atoms with van der Waals surface area (Å²) in [6.45, 7) is 3.61. The highest BCUT2D eigenvalue weighted by Gasteiger charge is 2.14. The van der Waals surface area contributed by atoms with Crippen LogP contribution < -0.4 is 16.6 Å². The third-order valence-electron chi connectivity index (χ3n) is 3.09. The standard InChI is InChI=1S/C15H15BrFN3O/c1-8-3-4-13(20-18)10(5-8)15(21)19-14-7-11(16)12(17)6-9(14)2/h3-7,20H,18H2,1-2H3,(H,19,21). The van der Waals surface area contributed by atoms with Crippen molar-refractivity contribution in [3.63, 3.8) is 0 Å². The van der Waals surface area contributed by atoms with Crippen molar-refractivity contribution in [2.45, 2.75) is 13.8 Å². The predicted octanol–water partition coefficient (Wildman–Crippen LogP) is 3.74. The molecule has 4 N–H and O–H groups in total. The molecule has 4 nitrogen and oxygen atoms in total. The summed E-state index contributed by atoms with van der Waals surface area (Å²) in [7, 11) is 0. The Kier molecular flexibility index (Phi) is 4.59. The summed E-state index contributed by atoms with van der Waals surface area (Å²) >= 11 is 3.11. The Balaban J connectivity index is 2.34. The van der Waals surface area contributed by atoms with E-state index in [0.717, 1.165) is 5.56 Å². The van der Waals surface area contributed by atoms with E-state index in [4.69, 9.17) is 5.84 Å². The van der Waals surface area contributed by atoms with Crippen LogP contribution in [0.25, 0.3) is 0 Å². The lowest BCUT2D eigenvalue weighted by Gasteiger charge is -2.13. The molecular formula is C15H15BrFN3O. The minimum absolute atomic E-state index is 0.296. The zero-order chi connectivity index (χ0) is 15.6. The maximum atomic E-state index is 13.4. The van der Waals surface area contributed by atoms with Crippen LogP contribution in [0.5, 0.6) is 0 Å². The molecule has 0 atom stereocenters. The van der Waals surface area contributed by atoms with Gasteiger partial charge in [-0.1, -0.05) is 11.6 Å². The molecule has 0 bridgehead atoms. The Morgan fingerprint density at radius 1 is 1.19 bits per heavy atom. The lowest BCUT2D eigenvalue weighted by molar-refractivity contribution is 0.102. The number of aryl methyl sites for hydroxylation is 2. The molecule has 21 heavy (non-hydrogen) atoms. The minimum atomic E-state index is -0.370. The van der Waals surface area contributed by atoms with Gasteiger partial charge >= 0.3 is 0 Å². The van der Waals surface area contributed by atoms with Crippen LogP contribution in [-0.2, 0) is 0 Å². The highest BCUT2D eigenvalue weighted by atomic mass is 79.9. The number of halogens is 2. The van der Waals surface area contributed by atoms with Crippen molar-refractivity contribution in [3.05, 3.63) is 57.3 Å². The quantitative estimate of drug-likeness (QED) is 0.582. The second-order valence-electron chi connectivity index (χ2n) is 4.73. The van der Waals surface area contributed by atoms with Gasteiger partial charge in [0, 0.05) is 5.69 Å². The van der Waals surface area contributed by atoms with E-state index >= 15 is 0 Å². The maximum Gasteiger partial charge on any atom is 0.257 e. The monoisotopic (exact) mass is 351 g/mol. The fourth-order valence-electron chi connectivity index (χ4n) is 1.94. The van der Waals surface area contributed by atoms with Crippen LogP contribution in [0.15, 0.2) is 34.8 Å². The van der Waals surface area contributed by atoms with Gasteiger partial charge in [0.15, 0.2) is 0 Å². The number of nitrogen functional groups attached to an aromatic ring is 1. The van der Waals surface area contributed by atoms with Gasteiger partial charge in [-0.05, 0) is 59.6 Å². The number of hydrogen-bond donors (Lipinski definition) is 3. The van der Waals surface area contributed by atoms with Crippen LogP contribution in [0.3, 0.4) is 0 Å². The molecule has 0 aliphatic heterocycles. The zero-order valence-corrected chi connectivity index (χ0v) is 13.2. The second-order valence-corrected chi connectivity index (χ2v) is 5.58. The normalized spacial score (nSPS) is 10.3. The van der Waals surface area contributed by atoms with Crippen molar-refractivity contribution >= 4 is 33.2 Å². The molecular weight excluding hydrogens is 337 g/mol. The molecule has 0 saturated carbocycles. The number of rotatable bonds is 3. The van der Waals surface area contributed by atoms with E-state index in [2.05, 4.69) is 26.7 Å². The van der Waals surface area contributed by atoms with Gasteiger partial charge in [0.2, 0.25) is 0 Å². The summed E-state index contributed by atoms with van der Waals surface area (Å²) < 4.78 is 13.7. The van der Waals surface area contributed by atoms with E-state index in [1.165, 1.54) is 12.1 Å². The molecule has 0 spiro atoms. The summed E-state index contributed by atoms with van der Waals surface area (Å²) in [6.07, 6.45) is 0. The number of anilines is 2. The average molecular weight is 352 g/mol. The molecule has 1 amide bonds. The van der Waals surface area contributed by atoms with Gasteiger partial charge in [-0.2, -0.15) is 0 Å². The molecule has 0 aliphatic rings. The average Bonchev–Trinajstić information content (AvgIpc) is 2.44. The number of hydrazine groups is 1. The van der Waals surface area contributed by atoms with Gasteiger partial charge in [-0.15, -0.1) is 0 Å². The largest absolute Gasteiger partial charge is 0.323 e. The van der Waals surface area contributed by atoms with Crippen molar-refractivity contribution in [1.82, 2.24) is 0 Å². The topological polar surface area (TPSA) is 67.1 Å². The van der Waals surface area contributed by atoms with Crippen molar-refractivity contribution in [2.24, 2.45) is 5.84 Å². The number of amides is 1. The molecule has 0 heterocycles. The Morgan fingerprint density at radius 3 is 2.57 bits per heavy atom. The van der Waals surface area contributed by atoms with Crippen LogP contribution in [-0.4, -0.2) is 5.91 Å². The second kappa shape index (κ2) is 6.24. The predicted molar refractivity (Wildman–Crippen MR) is 85.8 cm³/mol. The van der Waals surface area contributed by atoms with Crippen LogP contribution in [0.4, 0.5) is 15.8 Å². The third-order valence-corrected chi connectivity index (χ3v) is 3.70. The van der Waals surface area contributed by atoms with Crippen LogP contribution >= 0.6 is 15.9 Å². The van der Waals surface area contributed by atoms with E-state index in [0.29, 0.717) is 27.0 Å². The van der Waals surface area contributed by atoms with Crippen molar-refractivity contribution < 1.29 is 9.18 Å². The number of hydrogen-bond acceptors (Lipinski definition) is 3. The highest BCUT2D eigenvalue weighted by molar-refractivity contribution is 9.10. The SMILES string of the molecule is Cc1ccc(NN)c(C(=O)Nc2cc(Br)c(F)cc2C)c1. The van der Waals surface area contributed by atoms with Crippen molar-refractivity contribution in [1.29, 1.82) is 0 Å². The van der Waals surface area contributed by atoms with Crippen molar-refractivity contribution in [3.8, 4) is 0 Å². The summed E-state index contributed by atoms with van der Waals surface area (Å²) in [6, 6.07) is 8.22. The van der Waals surface area contributed by atoms with Crippen LogP contribution in [0.2, 0.25) is 0 Å². The van der Waals surface area contributed by atoms with Gasteiger partial charge < -0.3 is 10.7 Å². The summed E-state index contributed by atoms with van der Waals surface area (Å²) in [5, 5.41) is 2.77. The van der Waals surface area contributed by atoms with E-state index < -0.39 is 0 Å². The zero-order valence-electron chi connectivity index (χ0n) is 11.6. The molecule has 6 heteroatoms. The van der Waals surface area contributed by atoms with Crippen LogP contribution in [0, 0.1) is 19.7 Å². The number of carbonyl (C=O) groups is 1. The third kappa shape index (κ3) is 3.40. The first-order valence-corrected chi connectivity index (χ1v) is 7.06. The minimum Gasteiger partial charge on any atom is -0.323 e. The number of nitrogens with two attached hydrogens (primary N) is 1. The van der Waals surface area contributed by atoms with Crippen LogP contribution in [0.1, 0.15) is 21.5 Å². The van der Waals surface area contributed by atoms with E-state index in [1.807, 2.05) is 13.0 Å². The molecule has 0 saturated heterocycles. The molecule has 110 valence electrons. The number of benzene rings is 2. The van der Waals surface area contributed by atoms with E-state index in [9.17, 15) is 9.18 Å². The highest BCUT2D eigenvalue weighted by Crippen LogP contribution is 2.25. The van der Waals surface area contributed by atoms with Gasteiger partial charge in [0.05, 0.1) is 15.7 Å². The molecule has 0 aliphatic carbocycles. The van der Waals surface area contributed by atoms with Gasteiger partial charge in [0.1, 0.15) is 5.82 Å². The first-order valence-electron chi connectivity index (χ1n) is 6.26. The Labute approximate surface area is 130 Å². The number of nitrogens with one attached hydrogen (secondary N) is 2. The lowest BCUT2D eigenvalue weighted by Crippen LogP contribution is -2.18. The van der Waals surface area contributed by atoms with Gasteiger partial charge in [-0.3, -0.25) is 10.6 Å². The fraction of sp³-hybridized carbons (Fsp3) is 0.133. The molecule has 2 aromatic carbocycles. The van der Waals surface area contributed by atoms with Gasteiger partial charge in [-0.25, -0.2) is 4.39 Å². The molecule has 2 rings (SSSR count). The van der Waals surface area contributed by atoms with E-state index in [-0.39, 0.29) is 11.7 Å². The molecule has 0 radical (unpaired) electrons. The van der Waals surface area contributed by atoms with Crippen molar-refractivity contribution in [2.75, 3.05) is 10.7 Å². The smallest absolute Gasteiger partial charge is 0.257 e. The van der Waals surface area contributed by atoms with E-state index in [1.54, 1.807) is 19.1 Å². The Morgan fingerprint density at radius 2 is 1.90 bits per heavy atom. The van der Waals surface area contributed by atoms with Gasteiger partial charge in [0.25, 0.3) is 5.91 Å². The Hall–Kier alpha value is -1.92. The Bertz CT molecular complexity index is 704. The number of carbonyl (C=O) groups excluding carboxylic acids is 1. The fourth-order valence-corrected chi connectivity index (χ4v) is 2.29. The maximum absolute atomic E-state index is 13.4. The molecule has 0 fully saturated rings. The lowest BCUT2D eigenvalue weighted by atomic mass is 10.1. The summed E-state index contributed by atoms with van der Waals surface area (Å²) in [4.78, 5) is 12.4.